The molecule has 0 spiro atoms. The van der Waals surface area contributed by atoms with E-state index in [4.69, 9.17) is 9.47 Å². The number of ether oxygens (including phenoxy) is 2. The zero-order chi connectivity index (χ0) is 19.1. The van der Waals surface area contributed by atoms with Crippen molar-refractivity contribution in [2.75, 3.05) is 53.0 Å². The average Bonchev–Trinajstić information content (AvgIpc) is 3.24. The van der Waals surface area contributed by atoms with Crippen LogP contribution in [0.2, 0.25) is 0 Å². The standard InChI is InChI=1S/C20H29N3O4/c1-26-17-5-2-4-16(14-17)20(25)23(15-18-6-3-13-27-18)10-7-19(24)22-11-8-21-9-12-22/h2,4-5,14,18,21H,3,6-13,15H2,1H3. The Morgan fingerprint density at radius 3 is 2.85 bits per heavy atom. The number of nitrogens with one attached hydrogen (secondary N) is 1. The SMILES string of the molecule is COc1cccc(C(=O)N(CCC(=O)N2CCNCC2)CC2CCCO2)c1. The third-order valence-corrected chi connectivity index (χ3v) is 5.12. The number of methoxy groups -OCH3 is 1. The molecule has 1 N–H and O–H groups in total. The van der Waals surface area contributed by atoms with Gasteiger partial charge in [0, 0.05) is 57.9 Å². The Bertz CT molecular complexity index is 640. The first-order chi connectivity index (χ1) is 13.2. The van der Waals surface area contributed by atoms with Gasteiger partial charge in [-0.25, -0.2) is 0 Å². The molecule has 0 bridgehead atoms. The third kappa shape index (κ3) is 5.43. The molecule has 1 aromatic rings. The summed E-state index contributed by atoms with van der Waals surface area (Å²) in [4.78, 5) is 29.2. The molecule has 2 aliphatic rings. The largest absolute Gasteiger partial charge is 0.497 e. The first kappa shape index (κ1) is 19.6. The van der Waals surface area contributed by atoms with Crippen LogP contribution < -0.4 is 10.1 Å². The summed E-state index contributed by atoms with van der Waals surface area (Å²) in [6, 6.07) is 7.14. The lowest BCUT2D eigenvalue weighted by molar-refractivity contribution is -0.132. The predicted molar refractivity (Wildman–Crippen MR) is 102 cm³/mol. The van der Waals surface area contributed by atoms with Gasteiger partial charge in [0.25, 0.3) is 5.91 Å². The summed E-state index contributed by atoms with van der Waals surface area (Å²) in [5, 5.41) is 3.25. The zero-order valence-electron chi connectivity index (χ0n) is 16.0. The van der Waals surface area contributed by atoms with E-state index in [1.54, 1.807) is 24.1 Å². The number of piperazine rings is 1. The molecule has 0 aromatic heterocycles. The quantitative estimate of drug-likeness (QED) is 0.774. The van der Waals surface area contributed by atoms with Crippen LogP contribution in [0.3, 0.4) is 0 Å². The second kappa shape index (κ2) is 9.71. The van der Waals surface area contributed by atoms with E-state index >= 15 is 0 Å². The van der Waals surface area contributed by atoms with Crippen molar-refractivity contribution in [3.8, 4) is 5.75 Å². The van der Waals surface area contributed by atoms with E-state index < -0.39 is 0 Å². The topological polar surface area (TPSA) is 71.1 Å². The fourth-order valence-corrected chi connectivity index (χ4v) is 3.55. The molecule has 1 atom stereocenters. The van der Waals surface area contributed by atoms with Gasteiger partial charge in [-0.05, 0) is 31.0 Å². The molecule has 1 unspecified atom stereocenters. The van der Waals surface area contributed by atoms with Crippen LogP contribution in [0.5, 0.6) is 5.75 Å². The highest BCUT2D eigenvalue weighted by atomic mass is 16.5. The van der Waals surface area contributed by atoms with E-state index in [1.807, 2.05) is 17.0 Å². The van der Waals surface area contributed by atoms with Crippen molar-refractivity contribution in [2.45, 2.75) is 25.4 Å². The van der Waals surface area contributed by atoms with Gasteiger partial charge in [-0.2, -0.15) is 0 Å². The fraction of sp³-hybridized carbons (Fsp3) is 0.600. The lowest BCUT2D eigenvalue weighted by atomic mass is 10.1. The van der Waals surface area contributed by atoms with Gasteiger partial charge in [0.1, 0.15) is 5.75 Å². The maximum atomic E-state index is 13.1. The molecule has 2 aliphatic heterocycles. The first-order valence-electron chi connectivity index (χ1n) is 9.71. The average molecular weight is 375 g/mol. The van der Waals surface area contributed by atoms with Gasteiger partial charge in [-0.1, -0.05) is 6.07 Å². The Morgan fingerprint density at radius 2 is 2.15 bits per heavy atom. The Morgan fingerprint density at radius 1 is 1.33 bits per heavy atom. The minimum atomic E-state index is -0.0856. The van der Waals surface area contributed by atoms with Crippen LogP contribution in [0.15, 0.2) is 24.3 Å². The molecule has 0 aliphatic carbocycles. The summed E-state index contributed by atoms with van der Waals surface area (Å²) >= 11 is 0. The van der Waals surface area contributed by atoms with E-state index in [0.717, 1.165) is 45.6 Å². The van der Waals surface area contributed by atoms with Crippen molar-refractivity contribution in [1.82, 2.24) is 15.1 Å². The molecule has 7 nitrogen and oxygen atoms in total. The molecular weight excluding hydrogens is 346 g/mol. The fourth-order valence-electron chi connectivity index (χ4n) is 3.55. The highest BCUT2D eigenvalue weighted by Gasteiger charge is 2.25. The van der Waals surface area contributed by atoms with Crippen LogP contribution in [0.1, 0.15) is 29.6 Å². The van der Waals surface area contributed by atoms with E-state index in [0.29, 0.717) is 30.8 Å². The highest BCUT2D eigenvalue weighted by molar-refractivity contribution is 5.95. The normalized spacial score (nSPS) is 19.7. The molecule has 0 saturated carbocycles. The molecule has 2 saturated heterocycles. The van der Waals surface area contributed by atoms with Crippen LogP contribution in [-0.4, -0.2) is 80.7 Å². The van der Waals surface area contributed by atoms with Crippen LogP contribution in [0.4, 0.5) is 0 Å². The summed E-state index contributed by atoms with van der Waals surface area (Å²) in [5.41, 5.74) is 0.571. The minimum absolute atomic E-state index is 0.0499. The highest BCUT2D eigenvalue weighted by Crippen LogP contribution is 2.18. The van der Waals surface area contributed by atoms with E-state index in [-0.39, 0.29) is 17.9 Å². The smallest absolute Gasteiger partial charge is 0.254 e. The Hall–Kier alpha value is -2.12. The van der Waals surface area contributed by atoms with Gasteiger partial charge in [0.15, 0.2) is 0 Å². The number of amides is 2. The van der Waals surface area contributed by atoms with Crippen molar-refractivity contribution >= 4 is 11.8 Å². The number of nitrogens with zero attached hydrogens (tertiary/aromatic N) is 2. The van der Waals surface area contributed by atoms with Crippen molar-refractivity contribution in [1.29, 1.82) is 0 Å². The number of benzene rings is 1. The number of carbonyl (C=O) groups excluding carboxylic acids is 2. The number of carbonyl (C=O) groups is 2. The summed E-state index contributed by atoms with van der Waals surface area (Å²) in [5.74, 6) is 0.666. The van der Waals surface area contributed by atoms with Crippen molar-refractivity contribution in [3.05, 3.63) is 29.8 Å². The van der Waals surface area contributed by atoms with Crippen LogP contribution in [-0.2, 0) is 9.53 Å². The van der Waals surface area contributed by atoms with Crippen LogP contribution in [0.25, 0.3) is 0 Å². The molecule has 7 heteroatoms. The monoisotopic (exact) mass is 375 g/mol. The Kier molecular flexibility index (Phi) is 7.06. The molecule has 3 rings (SSSR count). The molecule has 2 fully saturated rings. The maximum absolute atomic E-state index is 13.1. The number of rotatable bonds is 7. The molecule has 2 heterocycles. The lowest BCUT2D eigenvalue weighted by Crippen LogP contribution is -2.47. The summed E-state index contributed by atoms with van der Waals surface area (Å²) < 4.78 is 10.9. The van der Waals surface area contributed by atoms with Gasteiger partial charge in [0.05, 0.1) is 13.2 Å². The molecular formula is C20H29N3O4. The third-order valence-electron chi connectivity index (χ3n) is 5.12. The number of hydrogen-bond acceptors (Lipinski definition) is 5. The van der Waals surface area contributed by atoms with Crippen LogP contribution in [0, 0.1) is 0 Å². The number of hydrogen-bond donors (Lipinski definition) is 1. The van der Waals surface area contributed by atoms with Gasteiger partial charge in [-0.3, -0.25) is 9.59 Å². The molecule has 27 heavy (non-hydrogen) atoms. The molecule has 2 amide bonds. The Balaban J connectivity index is 1.65. The molecule has 1 aromatic carbocycles. The van der Waals surface area contributed by atoms with Crippen molar-refractivity contribution in [2.24, 2.45) is 0 Å². The van der Waals surface area contributed by atoms with Gasteiger partial charge in [-0.15, -0.1) is 0 Å². The second-order valence-electron chi connectivity index (χ2n) is 7.00. The minimum Gasteiger partial charge on any atom is -0.497 e. The predicted octanol–water partition coefficient (Wildman–Crippen LogP) is 1.14. The maximum Gasteiger partial charge on any atom is 0.254 e. The lowest BCUT2D eigenvalue weighted by Gasteiger charge is -2.30. The van der Waals surface area contributed by atoms with Crippen molar-refractivity contribution in [3.63, 3.8) is 0 Å². The van der Waals surface area contributed by atoms with Gasteiger partial charge in [0.2, 0.25) is 5.91 Å². The second-order valence-corrected chi connectivity index (χ2v) is 7.00. The first-order valence-corrected chi connectivity index (χ1v) is 9.71. The zero-order valence-corrected chi connectivity index (χ0v) is 16.0. The van der Waals surface area contributed by atoms with E-state index in [1.165, 1.54) is 0 Å². The van der Waals surface area contributed by atoms with E-state index in [9.17, 15) is 9.59 Å². The Labute approximate surface area is 160 Å². The van der Waals surface area contributed by atoms with Gasteiger partial charge >= 0.3 is 0 Å². The summed E-state index contributed by atoms with van der Waals surface area (Å²) in [6.07, 6.45) is 2.36. The van der Waals surface area contributed by atoms with Gasteiger partial charge < -0.3 is 24.6 Å². The molecule has 148 valence electrons. The van der Waals surface area contributed by atoms with Crippen LogP contribution >= 0.6 is 0 Å². The summed E-state index contributed by atoms with van der Waals surface area (Å²) in [7, 11) is 1.58. The van der Waals surface area contributed by atoms with Crippen molar-refractivity contribution < 1.29 is 19.1 Å². The molecule has 0 radical (unpaired) electrons. The van der Waals surface area contributed by atoms with E-state index in [2.05, 4.69) is 5.32 Å². The summed E-state index contributed by atoms with van der Waals surface area (Å²) in [6.45, 7) is 4.78.